The first-order valence-corrected chi connectivity index (χ1v) is 10.3. The van der Waals surface area contributed by atoms with E-state index in [0.717, 1.165) is 41.7 Å². The third kappa shape index (κ3) is 2.75. The number of halogens is 1. The van der Waals surface area contributed by atoms with Gasteiger partial charge in [-0.3, -0.25) is 9.98 Å². The SMILES string of the molecule is [2H]C([2H])([2H])OC1CCC2(CC1)Cc1ccc(-c3cncc(Cl)c3)cc1C21N=C(C)C(N)=N1. The van der Waals surface area contributed by atoms with Crippen molar-refractivity contribution in [2.45, 2.75) is 50.8 Å². The number of aromatic nitrogens is 1. The van der Waals surface area contributed by atoms with Crippen LogP contribution >= 0.6 is 11.6 Å². The van der Waals surface area contributed by atoms with Gasteiger partial charge in [-0.2, -0.15) is 0 Å². The van der Waals surface area contributed by atoms with E-state index in [1.54, 1.807) is 12.4 Å². The van der Waals surface area contributed by atoms with E-state index in [-0.39, 0.29) is 11.5 Å². The summed E-state index contributed by atoms with van der Waals surface area (Å²) in [5, 5.41) is 0.582. The summed E-state index contributed by atoms with van der Waals surface area (Å²) < 4.78 is 27.7. The predicted molar refractivity (Wildman–Crippen MR) is 116 cm³/mol. The van der Waals surface area contributed by atoms with Crippen LogP contribution in [-0.4, -0.2) is 29.7 Å². The van der Waals surface area contributed by atoms with E-state index in [1.807, 2.05) is 13.0 Å². The first kappa shape index (κ1) is 15.6. The molecular weight excluding hydrogens is 384 g/mol. The van der Waals surface area contributed by atoms with E-state index < -0.39 is 12.7 Å². The summed E-state index contributed by atoms with van der Waals surface area (Å²) in [6.45, 7) is 1.90. The van der Waals surface area contributed by atoms with Crippen LogP contribution in [0.25, 0.3) is 11.1 Å². The van der Waals surface area contributed by atoms with Gasteiger partial charge in [0.1, 0.15) is 5.84 Å². The molecule has 2 aromatic rings. The standard InChI is InChI=1S/C23H25ClN4O/c1-14-21(25)28-23(27-14)20-10-15(17-9-18(24)13-26-12-17)3-4-16(20)11-22(23)7-5-19(29-2)6-8-22/h3-4,9-10,12-13,19H,5-8,11H2,1-2H3,(H2,25,28)/i2D3. The molecule has 0 radical (unpaired) electrons. The maximum absolute atomic E-state index is 7.44. The number of pyridine rings is 1. The molecule has 1 fully saturated rings. The van der Waals surface area contributed by atoms with Crippen LogP contribution in [0.15, 0.2) is 46.6 Å². The number of methoxy groups -OCH3 is 1. The minimum Gasteiger partial charge on any atom is -0.382 e. The monoisotopic (exact) mass is 411 g/mol. The van der Waals surface area contributed by atoms with Gasteiger partial charge in [-0.25, -0.2) is 4.99 Å². The van der Waals surface area contributed by atoms with Crippen molar-refractivity contribution < 1.29 is 8.85 Å². The Balaban J connectivity index is 1.56. The smallest absolute Gasteiger partial charge is 0.184 e. The van der Waals surface area contributed by atoms with Crippen LogP contribution in [0.3, 0.4) is 0 Å². The topological polar surface area (TPSA) is 72.9 Å². The molecule has 2 aliphatic carbocycles. The average molecular weight is 412 g/mol. The van der Waals surface area contributed by atoms with Gasteiger partial charge >= 0.3 is 0 Å². The Morgan fingerprint density at radius 1 is 1.17 bits per heavy atom. The molecule has 1 unspecified atom stereocenters. The number of hydrogen-bond donors (Lipinski definition) is 1. The number of nitrogens with two attached hydrogens (primary N) is 1. The fourth-order valence-electron chi connectivity index (χ4n) is 5.30. The van der Waals surface area contributed by atoms with Crippen molar-refractivity contribution in [3.63, 3.8) is 0 Å². The quantitative estimate of drug-likeness (QED) is 0.789. The maximum Gasteiger partial charge on any atom is 0.184 e. The lowest BCUT2D eigenvalue weighted by Gasteiger charge is -2.44. The molecule has 5 nitrogen and oxygen atoms in total. The predicted octanol–water partition coefficient (Wildman–Crippen LogP) is 4.52. The number of benzene rings is 1. The summed E-state index contributed by atoms with van der Waals surface area (Å²) in [5.74, 6) is 0.466. The largest absolute Gasteiger partial charge is 0.382 e. The molecule has 2 heterocycles. The van der Waals surface area contributed by atoms with Gasteiger partial charge in [0.2, 0.25) is 0 Å². The van der Waals surface area contributed by atoms with Crippen molar-refractivity contribution in [2.24, 2.45) is 21.1 Å². The summed E-state index contributed by atoms with van der Waals surface area (Å²) >= 11 is 6.17. The first-order chi connectivity index (χ1) is 15.1. The van der Waals surface area contributed by atoms with Crippen LogP contribution in [0.2, 0.25) is 5.02 Å². The highest BCUT2D eigenvalue weighted by Crippen LogP contribution is 2.62. The summed E-state index contributed by atoms with van der Waals surface area (Å²) in [7, 11) is -2.38. The molecule has 5 rings (SSSR count). The van der Waals surface area contributed by atoms with Gasteiger partial charge in [0.05, 0.1) is 21.0 Å². The molecule has 1 saturated carbocycles. The van der Waals surface area contributed by atoms with E-state index in [2.05, 4.69) is 23.2 Å². The molecular formula is C23H25ClN4O. The third-order valence-electron chi connectivity index (χ3n) is 6.83. The molecule has 3 aliphatic rings. The highest BCUT2D eigenvalue weighted by Gasteiger charge is 2.60. The number of rotatable bonds is 2. The van der Waals surface area contributed by atoms with Crippen LogP contribution in [-0.2, 0) is 16.8 Å². The molecule has 2 spiro atoms. The van der Waals surface area contributed by atoms with Crippen molar-refractivity contribution in [3.8, 4) is 11.1 Å². The normalized spacial score (nSPS) is 32.5. The molecule has 1 aromatic heterocycles. The molecule has 1 aliphatic heterocycles. The average Bonchev–Trinajstić information content (AvgIpc) is 3.16. The van der Waals surface area contributed by atoms with Gasteiger partial charge in [0.25, 0.3) is 0 Å². The third-order valence-corrected chi connectivity index (χ3v) is 7.04. The van der Waals surface area contributed by atoms with Crippen molar-refractivity contribution >= 4 is 23.1 Å². The number of hydrogen-bond acceptors (Lipinski definition) is 5. The second-order valence-electron chi connectivity index (χ2n) is 8.40. The van der Waals surface area contributed by atoms with E-state index in [0.29, 0.717) is 23.7 Å². The Bertz CT molecular complexity index is 1120. The van der Waals surface area contributed by atoms with Crippen molar-refractivity contribution in [1.82, 2.24) is 4.98 Å². The van der Waals surface area contributed by atoms with E-state index in [1.165, 1.54) is 5.56 Å². The van der Waals surface area contributed by atoms with Gasteiger partial charge in [0.15, 0.2) is 5.66 Å². The van der Waals surface area contributed by atoms with Gasteiger partial charge < -0.3 is 10.5 Å². The van der Waals surface area contributed by atoms with Crippen molar-refractivity contribution in [2.75, 3.05) is 7.04 Å². The van der Waals surface area contributed by atoms with E-state index >= 15 is 0 Å². The molecule has 6 heteroatoms. The number of amidine groups is 1. The Morgan fingerprint density at radius 3 is 2.69 bits per heavy atom. The van der Waals surface area contributed by atoms with Crippen molar-refractivity contribution in [3.05, 3.63) is 52.8 Å². The van der Waals surface area contributed by atoms with Crippen LogP contribution in [0, 0.1) is 5.41 Å². The lowest BCUT2D eigenvalue weighted by Crippen LogP contribution is -2.43. The molecule has 0 saturated heterocycles. The molecule has 29 heavy (non-hydrogen) atoms. The summed E-state index contributed by atoms with van der Waals surface area (Å²) in [4.78, 5) is 14.3. The Hall–Kier alpha value is -2.24. The molecule has 0 amide bonds. The molecule has 1 atom stereocenters. The Morgan fingerprint density at radius 2 is 2.00 bits per heavy atom. The molecule has 1 aromatic carbocycles. The van der Waals surface area contributed by atoms with Crippen LogP contribution < -0.4 is 5.73 Å². The zero-order valence-electron chi connectivity index (χ0n) is 19.3. The number of fused-ring (bicyclic) bond motifs is 3. The lowest BCUT2D eigenvalue weighted by molar-refractivity contribution is -0.000372. The fourth-order valence-corrected chi connectivity index (χ4v) is 5.48. The first-order valence-electron chi connectivity index (χ1n) is 11.5. The molecule has 150 valence electrons. The highest BCUT2D eigenvalue weighted by molar-refractivity contribution is 6.41. The molecule has 0 bridgehead atoms. The minimum atomic E-state index is -2.38. The Labute approximate surface area is 180 Å². The second-order valence-corrected chi connectivity index (χ2v) is 8.84. The fraction of sp³-hybridized carbons (Fsp3) is 0.435. The van der Waals surface area contributed by atoms with E-state index in [4.69, 9.17) is 36.2 Å². The zero-order valence-corrected chi connectivity index (χ0v) is 17.0. The Kier molecular flexibility index (Phi) is 3.57. The summed E-state index contributed by atoms with van der Waals surface area (Å²) in [6.07, 6.45) is 6.80. The van der Waals surface area contributed by atoms with Crippen molar-refractivity contribution in [1.29, 1.82) is 0 Å². The summed E-state index contributed by atoms with van der Waals surface area (Å²) in [6, 6.07) is 8.26. The van der Waals surface area contributed by atoms with Crippen LogP contribution in [0.1, 0.15) is 47.8 Å². The number of ether oxygens (including phenoxy) is 1. The van der Waals surface area contributed by atoms with Gasteiger partial charge in [-0.1, -0.05) is 23.7 Å². The molecule has 2 N–H and O–H groups in total. The minimum absolute atomic E-state index is 0.252. The highest BCUT2D eigenvalue weighted by atomic mass is 35.5. The van der Waals surface area contributed by atoms with Crippen LogP contribution in [0.5, 0.6) is 0 Å². The number of aliphatic imine (C=N–C) groups is 2. The van der Waals surface area contributed by atoms with Crippen LogP contribution in [0.4, 0.5) is 0 Å². The van der Waals surface area contributed by atoms with Gasteiger partial charge in [-0.15, -0.1) is 0 Å². The van der Waals surface area contributed by atoms with Gasteiger partial charge in [0, 0.05) is 36.0 Å². The lowest BCUT2D eigenvalue weighted by atomic mass is 9.65. The zero-order chi connectivity index (χ0) is 22.7. The summed E-state index contributed by atoms with van der Waals surface area (Å²) in [5.41, 5.74) is 10.2. The number of nitrogens with zero attached hydrogens (tertiary/aromatic N) is 3. The maximum atomic E-state index is 7.44. The van der Waals surface area contributed by atoms with Gasteiger partial charge in [-0.05, 0) is 62.3 Å². The van der Waals surface area contributed by atoms with E-state index in [9.17, 15) is 0 Å². The second kappa shape index (κ2) is 6.64.